The van der Waals surface area contributed by atoms with Crippen molar-refractivity contribution in [1.82, 2.24) is 14.9 Å². The molecule has 0 aliphatic carbocycles. The summed E-state index contributed by atoms with van der Waals surface area (Å²) in [6, 6.07) is 7.77. The maximum atomic E-state index is 5.94. The van der Waals surface area contributed by atoms with Crippen molar-refractivity contribution in [3.8, 4) is 0 Å². The van der Waals surface area contributed by atoms with Gasteiger partial charge in [0, 0.05) is 22.4 Å². The van der Waals surface area contributed by atoms with Crippen LogP contribution in [0.15, 0.2) is 34.8 Å². The van der Waals surface area contributed by atoms with E-state index in [9.17, 15) is 0 Å². The van der Waals surface area contributed by atoms with Crippen LogP contribution in [0.2, 0.25) is 5.02 Å². The third-order valence-corrected chi connectivity index (χ3v) is 4.56. The Morgan fingerprint density at radius 1 is 1.14 bits per heavy atom. The van der Waals surface area contributed by atoms with Gasteiger partial charge in [-0.2, -0.15) is 0 Å². The standard InChI is InChI=1S/C15H18ClN5S/c16-12-7-5-11(6-8-12)13-10-22-15-19-18-14(21(15)20-13)4-2-1-3-9-17/h5-8,10,20H,1-4,9,17H2. The average Bonchev–Trinajstić information content (AvgIpc) is 2.95. The minimum Gasteiger partial charge on any atom is -0.330 e. The first-order chi connectivity index (χ1) is 10.8. The van der Waals surface area contributed by atoms with Gasteiger partial charge in [0.25, 0.3) is 0 Å². The molecule has 1 aromatic heterocycles. The lowest BCUT2D eigenvalue weighted by Gasteiger charge is -2.19. The second-order valence-corrected chi connectivity index (χ2v) is 6.37. The molecule has 2 aromatic rings. The number of hydrogen-bond donors (Lipinski definition) is 2. The molecule has 2 heterocycles. The third-order valence-electron chi connectivity index (χ3n) is 3.47. The number of nitrogens with zero attached hydrogens (tertiary/aromatic N) is 3. The van der Waals surface area contributed by atoms with Gasteiger partial charge in [-0.05, 0) is 31.5 Å². The number of aryl methyl sites for hydroxylation is 1. The highest BCUT2D eigenvalue weighted by atomic mass is 35.5. The molecule has 0 saturated carbocycles. The normalized spacial score (nSPS) is 13.5. The molecule has 0 spiro atoms. The van der Waals surface area contributed by atoms with Crippen molar-refractivity contribution in [2.75, 3.05) is 12.0 Å². The van der Waals surface area contributed by atoms with Crippen molar-refractivity contribution < 1.29 is 0 Å². The van der Waals surface area contributed by atoms with Crippen LogP contribution in [0.25, 0.3) is 5.70 Å². The number of nitrogens with two attached hydrogens (primary N) is 1. The Bertz CT molecular complexity index is 665. The van der Waals surface area contributed by atoms with Crippen LogP contribution < -0.4 is 11.2 Å². The van der Waals surface area contributed by atoms with Crippen molar-refractivity contribution in [1.29, 1.82) is 0 Å². The molecule has 0 saturated heterocycles. The van der Waals surface area contributed by atoms with E-state index in [0.717, 1.165) is 59.5 Å². The number of nitrogens with one attached hydrogen (secondary N) is 1. The Kier molecular flexibility index (Phi) is 5.02. The van der Waals surface area contributed by atoms with Crippen molar-refractivity contribution in [3.05, 3.63) is 46.1 Å². The summed E-state index contributed by atoms with van der Waals surface area (Å²) in [5, 5.41) is 12.2. The molecule has 0 bridgehead atoms. The van der Waals surface area contributed by atoms with Gasteiger partial charge in [0.1, 0.15) is 0 Å². The summed E-state index contributed by atoms with van der Waals surface area (Å²) in [6.45, 7) is 0.746. The minimum absolute atomic E-state index is 0.735. The summed E-state index contributed by atoms with van der Waals surface area (Å²) in [5.74, 6) is 0.957. The smallest absolute Gasteiger partial charge is 0.214 e. The van der Waals surface area contributed by atoms with E-state index in [2.05, 4.69) is 15.6 Å². The van der Waals surface area contributed by atoms with Crippen LogP contribution >= 0.6 is 23.4 Å². The number of rotatable bonds is 6. The van der Waals surface area contributed by atoms with Crippen LogP contribution in [-0.4, -0.2) is 21.4 Å². The van der Waals surface area contributed by atoms with Crippen LogP contribution in [0.1, 0.15) is 30.7 Å². The first kappa shape index (κ1) is 15.4. The first-order valence-corrected chi connectivity index (χ1v) is 8.58. The molecule has 1 aliphatic heterocycles. The number of thioether (sulfide) groups is 1. The van der Waals surface area contributed by atoms with E-state index in [0.29, 0.717) is 0 Å². The van der Waals surface area contributed by atoms with Gasteiger partial charge < -0.3 is 5.73 Å². The first-order valence-electron chi connectivity index (χ1n) is 7.32. The molecule has 1 aromatic carbocycles. The highest BCUT2D eigenvalue weighted by Crippen LogP contribution is 2.29. The number of benzene rings is 1. The Balaban J connectivity index is 1.71. The fourth-order valence-corrected chi connectivity index (χ4v) is 3.16. The minimum atomic E-state index is 0.735. The number of unbranched alkanes of at least 4 members (excludes halogenated alkanes) is 2. The summed E-state index contributed by atoms with van der Waals surface area (Å²) < 4.78 is 1.97. The molecule has 5 nitrogen and oxygen atoms in total. The quantitative estimate of drug-likeness (QED) is 0.793. The van der Waals surface area contributed by atoms with Crippen LogP contribution in [0, 0.1) is 0 Å². The fraction of sp³-hybridized carbons (Fsp3) is 0.333. The van der Waals surface area contributed by atoms with Crippen molar-refractivity contribution in [2.45, 2.75) is 30.8 Å². The molecule has 0 amide bonds. The van der Waals surface area contributed by atoms with E-state index in [1.165, 1.54) is 0 Å². The Morgan fingerprint density at radius 2 is 1.95 bits per heavy atom. The topological polar surface area (TPSA) is 68.8 Å². The number of fused-ring (bicyclic) bond motifs is 1. The summed E-state index contributed by atoms with van der Waals surface area (Å²) in [5.41, 5.74) is 11.0. The van der Waals surface area contributed by atoms with Gasteiger partial charge in [-0.15, -0.1) is 10.2 Å². The van der Waals surface area contributed by atoms with Gasteiger partial charge in [-0.1, -0.05) is 41.9 Å². The van der Waals surface area contributed by atoms with Crippen molar-refractivity contribution >= 4 is 29.1 Å². The Labute approximate surface area is 138 Å². The lowest BCUT2D eigenvalue weighted by molar-refractivity contribution is 0.650. The van der Waals surface area contributed by atoms with Crippen LogP contribution in [-0.2, 0) is 6.42 Å². The van der Waals surface area contributed by atoms with Gasteiger partial charge in [0.15, 0.2) is 5.82 Å². The van der Waals surface area contributed by atoms with E-state index in [4.69, 9.17) is 17.3 Å². The molecule has 1 aliphatic rings. The number of aromatic nitrogens is 3. The van der Waals surface area contributed by atoms with Gasteiger partial charge >= 0.3 is 0 Å². The van der Waals surface area contributed by atoms with Crippen LogP contribution in [0.4, 0.5) is 0 Å². The van der Waals surface area contributed by atoms with E-state index < -0.39 is 0 Å². The monoisotopic (exact) mass is 335 g/mol. The Hall–Kier alpha value is -1.50. The number of halogens is 1. The molecule has 3 N–H and O–H groups in total. The fourth-order valence-electron chi connectivity index (χ4n) is 2.28. The summed E-state index contributed by atoms with van der Waals surface area (Å²) >= 11 is 7.52. The van der Waals surface area contributed by atoms with Gasteiger partial charge in [-0.3, -0.25) is 5.43 Å². The second kappa shape index (κ2) is 7.17. The molecule has 0 radical (unpaired) electrons. The number of hydrogen-bond acceptors (Lipinski definition) is 5. The van der Waals surface area contributed by atoms with E-state index in [1.807, 2.05) is 34.3 Å². The van der Waals surface area contributed by atoms with E-state index >= 15 is 0 Å². The summed E-state index contributed by atoms with van der Waals surface area (Å²) in [7, 11) is 0. The Morgan fingerprint density at radius 3 is 2.73 bits per heavy atom. The second-order valence-electron chi connectivity index (χ2n) is 5.10. The zero-order valence-corrected chi connectivity index (χ0v) is 13.7. The summed E-state index contributed by atoms with van der Waals surface area (Å²) in [6.07, 6.45) is 4.14. The van der Waals surface area contributed by atoms with Crippen LogP contribution in [0.3, 0.4) is 0 Å². The largest absolute Gasteiger partial charge is 0.330 e. The van der Waals surface area contributed by atoms with Gasteiger partial charge in [0.05, 0.1) is 5.70 Å². The predicted molar refractivity (Wildman–Crippen MR) is 91.3 cm³/mol. The molecule has 0 fully saturated rings. The van der Waals surface area contributed by atoms with Crippen molar-refractivity contribution in [3.63, 3.8) is 0 Å². The molecular formula is C15H18ClN5S. The molecule has 22 heavy (non-hydrogen) atoms. The highest BCUT2D eigenvalue weighted by Gasteiger charge is 2.17. The summed E-state index contributed by atoms with van der Waals surface area (Å²) in [4.78, 5) is 0. The zero-order valence-electron chi connectivity index (χ0n) is 12.1. The third kappa shape index (κ3) is 3.45. The molecular weight excluding hydrogens is 318 g/mol. The molecule has 0 atom stereocenters. The molecule has 116 valence electrons. The maximum absolute atomic E-state index is 5.94. The van der Waals surface area contributed by atoms with Gasteiger partial charge in [-0.25, -0.2) is 4.68 Å². The maximum Gasteiger partial charge on any atom is 0.214 e. The molecule has 3 rings (SSSR count). The SMILES string of the molecule is NCCCCCc1nnc2n1NC(c1ccc(Cl)cc1)=CS2. The van der Waals surface area contributed by atoms with Crippen molar-refractivity contribution in [2.24, 2.45) is 5.73 Å². The van der Waals surface area contributed by atoms with Gasteiger partial charge in [0.2, 0.25) is 5.16 Å². The predicted octanol–water partition coefficient (Wildman–Crippen LogP) is 3.25. The highest BCUT2D eigenvalue weighted by molar-refractivity contribution is 8.02. The van der Waals surface area contributed by atoms with E-state index in [1.54, 1.807) is 11.8 Å². The lowest BCUT2D eigenvalue weighted by Crippen LogP contribution is -2.20. The lowest BCUT2D eigenvalue weighted by atomic mass is 10.2. The zero-order chi connectivity index (χ0) is 15.4. The van der Waals surface area contributed by atoms with E-state index in [-0.39, 0.29) is 0 Å². The average molecular weight is 336 g/mol. The molecule has 0 unspecified atom stereocenters. The molecule has 7 heteroatoms. The van der Waals surface area contributed by atoms with Crippen LogP contribution in [0.5, 0.6) is 0 Å².